The molecule has 1 aliphatic heterocycles. The molecule has 0 bridgehead atoms. The third kappa shape index (κ3) is 4.94. The van der Waals surface area contributed by atoms with E-state index in [0.29, 0.717) is 34.0 Å². The minimum Gasteiger partial charge on any atom is -0.711 e. The fraction of sp³-hybridized carbons (Fsp3) is 0.308. The van der Waals surface area contributed by atoms with E-state index in [2.05, 4.69) is 10.6 Å². The number of aromatic nitrogens is 2. The van der Waals surface area contributed by atoms with Crippen molar-refractivity contribution in [2.75, 3.05) is 13.2 Å². The van der Waals surface area contributed by atoms with E-state index in [1.165, 1.54) is 0 Å². The Morgan fingerprint density at radius 1 is 1.03 bits per heavy atom. The normalized spacial score (nSPS) is 14.9. The largest absolute Gasteiger partial charge is 0.711 e. The van der Waals surface area contributed by atoms with Gasteiger partial charge in [0.05, 0.1) is 13.2 Å². The lowest BCUT2D eigenvalue weighted by Gasteiger charge is -2.27. The second-order valence-electron chi connectivity index (χ2n) is 8.61. The summed E-state index contributed by atoms with van der Waals surface area (Å²) in [4.78, 5) is 37.3. The maximum absolute atomic E-state index is 13.2. The maximum atomic E-state index is 13.2. The van der Waals surface area contributed by atoms with Gasteiger partial charge < -0.3 is 15.1 Å². The molecule has 0 aliphatic carbocycles. The first-order valence-corrected chi connectivity index (χ1v) is 11.6. The van der Waals surface area contributed by atoms with Gasteiger partial charge in [0.15, 0.2) is 0 Å². The molecule has 0 radical (unpaired) electrons. The number of rotatable bonds is 9. The summed E-state index contributed by atoms with van der Waals surface area (Å²) in [5.41, 5.74) is 2.65. The number of aliphatic hydroxyl groups excluding tert-OH is 1. The average Bonchev–Trinajstić information content (AvgIpc) is 3.06. The third-order valence-corrected chi connectivity index (χ3v) is 6.43. The molecule has 3 aromatic rings. The van der Waals surface area contributed by atoms with E-state index in [9.17, 15) is 24.7 Å². The van der Waals surface area contributed by atoms with Gasteiger partial charge in [-0.1, -0.05) is 42.5 Å². The van der Waals surface area contributed by atoms with Gasteiger partial charge in [0.1, 0.15) is 35.5 Å². The Balaban J connectivity index is 1.68. The number of ether oxygens (including phenoxy) is 1. The number of benzene rings is 2. The molecule has 3 N–H and O–H groups in total. The van der Waals surface area contributed by atoms with Crippen molar-refractivity contribution in [3.05, 3.63) is 88.1 Å². The van der Waals surface area contributed by atoms with Crippen molar-refractivity contribution < 1.29 is 29.0 Å². The molecule has 1 fully saturated rings. The number of hydrogen-bond acceptors (Lipinski definition) is 6. The van der Waals surface area contributed by atoms with Gasteiger partial charge in [-0.2, -0.15) is 0 Å². The lowest BCUT2D eigenvalue weighted by atomic mass is 9.83. The number of carbonyl (C=O) groups is 3. The van der Waals surface area contributed by atoms with E-state index in [-0.39, 0.29) is 19.0 Å². The van der Waals surface area contributed by atoms with Crippen LogP contribution in [0.25, 0.3) is 0 Å². The van der Waals surface area contributed by atoms with Crippen LogP contribution in [0.5, 0.6) is 5.75 Å². The average molecular weight is 493 g/mol. The number of carbonyl (C=O) groups excluding carboxylic acids is 3. The molecule has 0 saturated carbocycles. The van der Waals surface area contributed by atoms with E-state index >= 15 is 0 Å². The highest BCUT2D eigenvalue weighted by Crippen LogP contribution is 2.34. The van der Waals surface area contributed by atoms with Crippen molar-refractivity contribution >= 4 is 17.8 Å². The highest BCUT2D eigenvalue weighted by atomic mass is 16.5. The standard InChI is InChI=1S/C26H28N4O6/c1-16-17(2)30(35)25(29(16)13-14-31)21(22-23(32)27-26(34)28-24(22)33)19-8-10-20(11-9-19)36-15-12-18-6-4-3-5-7-18/h3-11,21-22,31H,12-15H2,1-2H3,(H2,27,28,32,33,34)/t21-/m1/s1. The smallest absolute Gasteiger partial charge is 0.328 e. The van der Waals surface area contributed by atoms with Gasteiger partial charge in [-0.25, -0.2) is 14.1 Å². The van der Waals surface area contributed by atoms with Gasteiger partial charge in [0.25, 0.3) is 5.82 Å². The molecule has 2 heterocycles. The second-order valence-corrected chi connectivity index (χ2v) is 8.61. The van der Waals surface area contributed by atoms with Crippen molar-refractivity contribution in [2.24, 2.45) is 5.92 Å². The first-order valence-electron chi connectivity index (χ1n) is 11.6. The van der Waals surface area contributed by atoms with Crippen LogP contribution in [0.4, 0.5) is 4.79 Å². The molecular weight excluding hydrogens is 464 g/mol. The Bertz CT molecular complexity index is 1250. The highest BCUT2D eigenvalue weighted by Gasteiger charge is 2.47. The minimum atomic E-state index is -1.38. The molecule has 2 aromatic carbocycles. The number of imidazole rings is 1. The van der Waals surface area contributed by atoms with Crippen molar-refractivity contribution in [3.8, 4) is 5.75 Å². The summed E-state index contributed by atoms with van der Waals surface area (Å²) in [6.07, 6.45) is 0.727. The predicted molar refractivity (Wildman–Crippen MR) is 129 cm³/mol. The lowest BCUT2D eigenvalue weighted by Crippen LogP contribution is -2.58. The molecule has 4 rings (SSSR count). The number of nitrogens with one attached hydrogen (secondary N) is 2. The summed E-state index contributed by atoms with van der Waals surface area (Å²) in [6, 6.07) is 15.8. The fourth-order valence-electron chi connectivity index (χ4n) is 4.50. The predicted octanol–water partition coefficient (Wildman–Crippen LogP) is 1.47. The van der Waals surface area contributed by atoms with Crippen LogP contribution in [0.1, 0.15) is 34.3 Å². The minimum absolute atomic E-state index is 0.101. The summed E-state index contributed by atoms with van der Waals surface area (Å²) < 4.78 is 8.14. The molecule has 4 amide bonds. The molecule has 10 heteroatoms. The third-order valence-electron chi connectivity index (χ3n) is 6.43. The zero-order chi connectivity index (χ0) is 25.8. The lowest BCUT2D eigenvalue weighted by molar-refractivity contribution is -0.621. The van der Waals surface area contributed by atoms with Gasteiger partial charge in [0, 0.05) is 20.3 Å². The number of hydrogen-bond donors (Lipinski definition) is 3. The summed E-state index contributed by atoms with van der Waals surface area (Å²) in [7, 11) is 0. The van der Waals surface area contributed by atoms with E-state index in [4.69, 9.17) is 4.74 Å². The quantitative estimate of drug-likeness (QED) is 0.235. The van der Waals surface area contributed by atoms with Crippen molar-refractivity contribution in [1.29, 1.82) is 0 Å². The summed E-state index contributed by atoms with van der Waals surface area (Å²) in [6.45, 7) is 3.67. The Labute approximate surface area is 208 Å². The number of nitrogens with zero attached hydrogens (tertiary/aromatic N) is 2. The molecule has 1 atom stereocenters. The molecule has 188 valence electrons. The van der Waals surface area contributed by atoms with Crippen molar-refractivity contribution in [2.45, 2.75) is 32.7 Å². The molecule has 36 heavy (non-hydrogen) atoms. The Morgan fingerprint density at radius 2 is 1.67 bits per heavy atom. The van der Waals surface area contributed by atoms with Gasteiger partial charge in [-0.15, -0.1) is 0 Å². The van der Waals surface area contributed by atoms with Crippen LogP contribution < -0.4 is 20.1 Å². The van der Waals surface area contributed by atoms with E-state index in [1.54, 1.807) is 42.7 Å². The Morgan fingerprint density at radius 3 is 2.28 bits per heavy atom. The first kappa shape index (κ1) is 24.9. The van der Waals surface area contributed by atoms with Gasteiger partial charge in [-0.3, -0.25) is 20.2 Å². The Hall–Kier alpha value is -4.18. The van der Waals surface area contributed by atoms with Crippen molar-refractivity contribution in [1.82, 2.24) is 15.2 Å². The van der Waals surface area contributed by atoms with Crippen LogP contribution in [0.2, 0.25) is 0 Å². The van der Waals surface area contributed by atoms with Gasteiger partial charge in [0.2, 0.25) is 11.8 Å². The highest BCUT2D eigenvalue weighted by molar-refractivity contribution is 6.16. The van der Waals surface area contributed by atoms with Crippen LogP contribution >= 0.6 is 0 Å². The van der Waals surface area contributed by atoms with E-state index < -0.39 is 29.7 Å². The summed E-state index contributed by atoms with van der Waals surface area (Å²) in [5.74, 6) is -3.28. The molecular formula is C26H28N4O6. The summed E-state index contributed by atoms with van der Waals surface area (Å²) >= 11 is 0. The van der Waals surface area contributed by atoms with Crippen molar-refractivity contribution in [3.63, 3.8) is 0 Å². The molecule has 0 spiro atoms. The topological polar surface area (TPSA) is 137 Å². The van der Waals surface area contributed by atoms with Gasteiger partial charge >= 0.3 is 6.03 Å². The SMILES string of the molecule is Cc1c(C)[n+]([O-])c([C@H](c2ccc(OCCc3ccccc3)cc2)C2C(=O)NC(=O)NC2=O)n1CCO. The first-order chi connectivity index (χ1) is 17.3. The van der Waals surface area contributed by atoms with Crippen LogP contribution in [0.15, 0.2) is 54.6 Å². The number of aliphatic hydroxyl groups is 1. The molecule has 1 aromatic heterocycles. The number of imide groups is 2. The zero-order valence-electron chi connectivity index (χ0n) is 20.1. The maximum Gasteiger partial charge on any atom is 0.328 e. The Kier molecular flexibility index (Phi) is 7.35. The molecule has 10 nitrogen and oxygen atoms in total. The zero-order valence-corrected chi connectivity index (χ0v) is 20.1. The van der Waals surface area contributed by atoms with Crippen LogP contribution in [-0.2, 0) is 22.6 Å². The van der Waals surface area contributed by atoms with E-state index in [1.807, 2.05) is 30.3 Å². The van der Waals surface area contributed by atoms with E-state index in [0.717, 1.165) is 12.0 Å². The monoisotopic (exact) mass is 492 g/mol. The van der Waals surface area contributed by atoms with Gasteiger partial charge in [-0.05, 0) is 23.3 Å². The molecule has 1 saturated heterocycles. The van der Waals surface area contributed by atoms with Crippen LogP contribution in [-0.4, -0.2) is 40.7 Å². The fourth-order valence-corrected chi connectivity index (χ4v) is 4.50. The molecule has 0 unspecified atom stereocenters. The molecule has 1 aliphatic rings. The number of urea groups is 1. The van der Waals surface area contributed by atoms with Crippen LogP contribution in [0.3, 0.4) is 0 Å². The second kappa shape index (κ2) is 10.6. The number of amides is 4. The summed E-state index contributed by atoms with van der Waals surface area (Å²) in [5, 5.41) is 27.1. The van der Waals surface area contributed by atoms with Crippen LogP contribution in [0, 0.1) is 25.0 Å². The number of barbiturate groups is 1.